The number of carbonyl (C=O) groups is 1. The molecule has 0 N–H and O–H groups in total. The van der Waals surface area contributed by atoms with Crippen LogP contribution in [0.3, 0.4) is 0 Å². The van der Waals surface area contributed by atoms with Crippen LogP contribution in [0, 0.1) is 12.8 Å². The van der Waals surface area contributed by atoms with Crippen LogP contribution in [-0.2, 0) is 4.79 Å². The predicted octanol–water partition coefficient (Wildman–Crippen LogP) is 2.96. The lowest BCUT2D eigenvalue weighted by atomic mass is 9.90. The Balaban J connectivity index is 1.65. The molecule has 4 rings (SSSR count). The number of hydrogen-bond acceptors (Lipinski definition) is 4. The summed E-state index contributed by atoms with van der Waals surface area (Å²) < 4.78 is 0. The van der Waals surface area contributed by atoms with Crippen molar-refractivity contribution in [2.24, 2.45) is 5.92 Å². The van der Waals surface area contributed by atoms with E-state index in [-0.39, 0.29) is 11.8 Å². The fraction of sp³-hybridized carbons (Fsp3) is 0.474. The first-order valence-corrected chi connectivity index (χ1v) is 8.75. The molecule has 124 valence electrons. The Morgan fingerprint density at radius 1 is 1.21 bits per heavy atom. The minimum absolute atomic E-state index is 0.284. The van der Waals surface area contributed by atoms with Crippen LogP contribution in [0.1, 0.15) is 43.1 Å². The minimum Gasteiger partial charge on any atom is -0.342 e. The largest absolute Gasteiger partial charge is 0.342 e. The third-order valence-corrected chi connectivity index (χ3v) is 4.98. The first-order valence-electron chi connectivity index (χ1n) is 8.75. The number of piperidine rings is 1. The summed E-state index contributed by atoms with van der Waals surface area (Å²) in [6.07, 6.45) is 9.74. The first-order chi connectivity index (χ1) is 11.7. The summed E-state index contributed by atoms with van der Waals surface area (Å²) in [7, 11) is 0. The van der Waals surface area contributed by atoms with Gasteiger partial charge in [-0.15, -0.1) is 0 Å². The van der Waals surface area contributed by atoms with Gasteiger partial charge < -0.3 is 4.90 Å². The fourth-order valence-electron chi connectivity index (χ4n) is 3.54. The molecule has 0 unspecified atom stereocenters. The molecule has 1 atom stereocenters. The average molecular weight is 322 g/mol. The van der Waals surface area contributed by atoms with E-state index in [4.69, 9.17) is 4.98 Å². The van der Waals surface area contributed by atoms with Gasteiger partial charge in [0, 0.05) is 49.1 Å². The van der Waals surface area contributed by atoms with Crippen LogP contribution >= 0.6 is 0 Å². The zero-order valence-electron chi connectivity index (χ0n) is 14.0. The van der Waals surface area contributed by atoms with Crippen molar-refractivity contribution < 1.29 is 4.79 Å². The first kappa shape index (κ1) is 15.2. The Hall–Kier alpha value is -2.30. The second kappa shape index (κ2) is 6.30. The van der Waals surface area contributed by atoms with Gasteiger partial charge in [0.05, 0.1) is 5.69 Å². The maximum Gasteiger partial charge on any atom is 0.225 e. The molecule has 24 heavy (non-hydrogen) atoms. The third kappa shape index (κ3) is 3.03. The van der Waals surface area contributed by atoms with Crippen LogP contribution in [0.4, 0.5) is 0 Å². The number of nitrogens with zero attached hydrogens (tertiary/aromatic N) is 4. The van der Waals surface area contributed by atoms with E-state index >= 15 is 0 Å². The maximum atomic E-state index is 12.4. The molecule has 2 aromatic heterocycles. The Morgan fingerprint density at radius 3 is 2.75 bits per heavy atom. The van der Waals surface area contributed by atoms with E-state index in [0.29, 0.717) is 5.91 Å². The summed E-state index contributed by atoms with van der Waals surface area (Å²) in [5.41, 5.74) is 3.22. The van der Waals surface area contributed by atoms with Crippen LogP contribution < -0.4 is 0 Å². The summed E-state index contributed by atoms with van der Waals surface area (Å²) in [5, 5.41) is 0. The van der Waals surface area contributed by atoms with Gasteiger partial charge in [0.25, 0.3) is 0 Å². The lowest BCUT2D eigenvalue weighted by molar-refractivity contribution is -0.133. The summed E-state index contributed by atoms with van der Waals surface area (Å²) >= 11 is 0. The SMILES string of the molecule is Cc1ncc(-c2ccncc2)c([C@H]2CCCN(C(=O)C3CC3)C2)n1. The second-order valence-electron chi connectivity index (χ2n) is 6.85. The molecule has 5 heteroatoms. The van der Waals surface area contributed by atoms with Gasteiger partial charge >= 0.3 is 0 Å². The van der Waals surface area contributed by atoms with Gasteiger partial charge in [-0.3, -0.25) is 9.78 Å². The summed E-state index contributed by atoms with van der Waals surface area (Å²) in [6, 6.07) is 3.99. The molecule has 1 saturated heterocycles. The molecule has 1 aliphatic heterocycles. The molecule has 2 fully saturated rings. The molecule has 3 heterocycles. The van der Waals surface area contributed by atoms with Crippen molar-refractivity contribution in [3.8, 4) is 11.1 Å². The van der Waals surface area contributed by atoms with E-state index in [1.807, 2.05) is 25.3 Å². The Kier molecular flexibility index (Phi) is 4.00. The van der Waals surface area contributed by atoms with Gasteiger partial charge in [0.1, 0.15) is 5.82 Å². The van der Waals surface area contributed by atoms with Gasteiger partial charge in [-0.25, -0.2) is 9.97 Å². The molecule has 2 aromatic rings. The summed E-state index contributed by atoms with van der Waals surface area (Å²) in [4.78, 5) is 27.7. The zero-order chi connectivity index (χ0) is 16.5. The van der Waals surface area contributed by atoms with Crippen LogP contribution in [-0.4, -0.2) is 38.8 Å². The Labute approximate surface area is 142 Å². The zero-order valence-corrected chi connectivity index (χ0v) is 14.0. The van der Waals surface area contributed by atoms with Crippen molar-refractivity contribution in [1.29, 1.82) is 0 Å². The van der Waals surface area contributed by atoms with Gasteiger partial charge in [0.15, 0.2) is 0 Å². The lowest BCUT2D eigenvalue weighted by Crippen LogP contribution is -2.40. The van der Waals surface area contributed by atoms with Gasteiger partial charge in [-0.05, 0) is 50.3 Å². The smallest absolute Gasteiger partial charge is 0.225 e. The molecular formula is C19H22N4O. The third-order valence-electron chi connectivity index (χ3n) is 4.98. The molecule has 1 saturated carbocycles. The molecule has 2 aliphatic rings. The van der Waals surface area contributed by atoms with Crippen LogP contribution in [0.25, 0.3) is 11.1 Å². The molecule has 1 aliphatic carbocycles. The number of amides is 1. The van der Waals surface area contributed by atoms with E-state index < -0.39 is 0 Å². The van der Waals surface area contributed by atoms with Crippen molar-refractivity contribution >= 4 is 5.91 Å². The van der Waals surface area contributed by atoms with E-state index in [2.05, 4.69) is 14.9 Å². The molecule has 0 radical (unpaired) electrons. The molecule has 1 amide bonds. The van der Waals surface area contributed by atoms with Crippen LogP contribution in [0.2, 0.25) is 0 Å². The van der Waals surface area contributed by atoms with Crippen molar-refractivity contribution in [3.05, 3.63) is 42.2 Å². The van der Waals surface area contributed by atoms with Crippen molar-refractivity contribution in [2.75, 3.05) is 13.1 Å². The standard InChI is InChI=1S/C19H22N4O/c1-13-21-11-17(14-6-8-20-9-7-14)18(22-13)16-3-2-10-23(12-16)19(24)15-4-5-15/h6-9,11,15-16H,2-5,10,12H2,1H3/t16-/m0/s1. The quantitative estimate of drug-likeness (QED) is 0.872. The number of rotatable bonds is 3. The fourth-order valence-corrected chi connectivity index (χ4v) is 3.54. The predicted molar refractivity (Wildman–Crippen MR) is 91.3 cm³/mol. The molecule has 0 spiro atoms. The monoisotopic (exact) mass is 322 g/mol. The average Bonchev–Trinajstić information content (AvgIpc) is 3.47. The van der Waals surface area contributed by atoms with E-state index in [9.17, 15) is 4.79 Å². The van der Waals surface area contributed by atoms with E-state index in [1.165, 1.54) is 0 Å². The lowest BCUT2D eigenvalue weighted by Gasteiger charge is -2.33. The summed E-state index contributed by atoms with van der Waals surface area (Å²) in [5.74, 6) is 1.70. The van der Waals surface area contributed by atoms with Gasteiger partial charge in [-0.1, -0.05) is 0 Å². The Bertz CT molecular complexity index is 742. The number of aryl methyl sites for hydroxylation is 1. The number of carbonyl (C=O) groups excluding carboxylic acids is 1. The molecular weight excluding hydrogens is 300 g/mol. The highest BCUT2D eigenvalue weighted by Gasteiger charge is 2.36. The maximum absolute atomic E-state index is 12.4. The van der Waals surface area contributed by atoms with E-state index in [1.54, 1.807) is 12.4 Å². The number of hydrogen-bond donors (Lipinski definition) is 0. The van der Waals surface area contributed by atoms with Gasteiger partial charge in [0.2, 0.25) is 5.91 Å². The minimum atomic E-state index is 0.284. The second-order valence-corrected chi connectivity index (χ2v) is 6.85. The molecule has 5 nitrogen and oxygen atoms in total. The number of likely N-dealkylation sites (tertiary alicyclic amines) is 1. The normalized spacial score (nSPS) is 20.9. The Morgan fingerprint density at radius 2 is 2.00 bits per heavy atom. The van der Waals surface area contributed by atoms with Crippen LogP contribution in [0.15, 0.2) is 30.7 Å². The molecule has 0 aromatic carbocycles. The number of aromatic nitrogens is 3. The topological polar surface area (TPSA) is 59.0 Å². The molecule has 0 bridgehead atoms. The van der Waals surface area contributed by atoms with Crippen molar-refractivity contribution in [3.63, 3.8) is 0 Å². The summed E-state index contributed by atoms with van der Waals surface area (Å²) in [6.45, 7) is 3.60. The van der Waals surface area contributed by atoms with E-state index in [0.717, 1.165) is 61.4 Å². The van der Waals surface area contributed by atoms with Gasteiger partial charge in [-0.2, -0.15) is 0 Å². The van der Waals surface area contributed by atoms with Crippen LogP contribution in [0.5, 0.6) is 0 Å². The number of pyridine rings is 1. The highest BCUT2D eigenvalue weighted by atomic mass is 16.2. The highest BCUT2D eigenvalue weighted by molar-refractivity contribution is 5.81. The van der Waals surface area contributed by atoms with Crippen molar-refractivity contribution in [2.45, 2.75) is 38.5 Å². The van der Waals surface area contributed by atoms with Crippen molar-refractivity contribution in [1.82, 2.24) is 19.9 Å². The highest BCUT2D eigenvalue weighted by Crippen LogP contribution is 2.36.